The normalized spacial score (nSPS) is 10.9. The number of aromatic amines is 1. The molecule has 4 N–H and O–H groups in total. The highest BCUT2D eigenvalue weighted by Gasteiger charge is 2.16. The number of aromatic nitrogens is 5. The fourth-order valence-electron chi connectivity index (χ4n) is 2.69. The summed E-state index contributed by atoms with van der Waals surface area (Å²) in [4.78, 5) is 32.6. The number of hydrogen-bond acceptors (Lipinski definition) is 6. The first-order valence-corrected chi connectivity index (χ1v) is 8.36. The maximum Gasteiger partial charge on any atom is 0.271 e. The van der Waals surface area contributed by atoms with Gasteiger partial charge in [-0.15, -0.1) is 0 Å². The molecule has 1 aromatic carbocycles. The molecule has 3 heterocycles. The van der Waals surface area contributed by atoms with Crippen molar-refractivity contribution in [2.24, 2.45) is 0 Å². The second-order valence-corrected chi connectivity index (χ2v) is 6.14. The van der Waals surface area contributed by atoms with Crippen molar-refractivity contribution in [3.63, 3.8) is 0 Å². The summed E-state index contributed by atoms with van der Waals surface area (Å²) in [6.07, 6.45) is 4.72. The first-order chi connectivity index (χ1) is 13.1. The number of carbonyl (C=O) groups excluding carboxylic acids is 1. The van der Waals surface area contributed by atoms with Crippen molar-refractivity contribution in [2.45, 2.75) is 13.5 Å². The first kappa shape index (κ1) is 16.6. The summed E-state index contributed by atoms with van der Waals surface area (Å²) in [6.45, 7) is 2.35. The summed E-state index contributed by atoms with van der Waals surface area (Å²) in [6, 6.07) is 9.57. The lowest BCUT2D eigenvalue weighted by Crippen LogP contribution is -2.24. The molecule has 0 aliphatic carbocycles. The van der Waals surface area contributed by atoms with Crippen molar-refractivity contribution in [3.8, 4) is 11.5 Å². The number of nitrogens with zero attached hydrogens (tertiary/aromatic N) is 4. The van der Waals surface area contributed by atoms with Crippen LogP contribution in [0.25, 0.3) is 22.6 Å². The number of nitrogens with one attached hydrogen (secondary N) is 2. The number of pyridine rings is 1. The third kappa shape index (κ3) is 3.45. The van der Waals surface area contributed by atoms with Crippen molar-refractivity contribution in [3.05, 3.63) is 65.7 Å². The predicted molar refractivity (Wildman–Crippen MR) is 110 cm³/mol. The van der Waals surface area contributed by atoms with Gasteiger partial charge in [0.1, 0.15) is 11.4 Å². The number of aryl methyl sites for hydroxylation is 1. The van der Waals surface area contributed by atoms with E-state index in [4.69, 9.17) is 5.73 Å². The van der Waals surface area contributed by atoms with Crippen LogP contribution < -0.4 is 11.1 Å². The lowest BCUT2D eigenvalue weighted by molar-refractivity contribution is 0.0945. The molecule has 1 amide bonds. The van der Waals surface area contributed by atoms with Crippen molar-refractivity contribution < 1.29 is 10.5 Å². The average Bonchev–Trinajstić information content (AvgIpc) is 3.10. The minimum Gasteiger partial charge on any atom is -0.382 e. The molecule has 0 atom stereocenters. The molecule has 0 radical (unpaired) electrons. The van der Waals surface area contributed by atoms with Gasteiger partial charge in [-0.25, -0.2) is 15.0 Å². The number of benzene rings is 1. The molecule has 8 nitrogen and oxygen atoms in total. The van der Waals surface area contributed by atoms with E-state index in [2.05, 4.69) is 30.2 Å². The van der Waals surface area contributed by atoms with Gasteiger partial charge in [-0.05, 0) is 36.2 Å². The predicted octanol–water partition coefficient (Wildman–Crippen LogP) is 3.22. The Bertz CT molecular complexity index is 1140. The van der Waals surface area contributed by atoms with Crippen LogP contribution in [0, 0.1) is 6.92 Å². The zero-order valence-corrected chi connectivity index (χ0v) is 14.6. The Morgan fingerprint density at radius 3 is 2.96 bits per heavy atom. The number of hydrogen-bond donors (Lipinski definition) is 3. The lowest BCUT2D eigenvalue weighted by atomic mass is 10.2. The maximum absolute atomic E-state index is 12.4. The molecule has 0 bridgehead atoms. The van der Waals surface area contributed by atoms with E-state index in [0.717, 1.165) is 22.2 Å². The SMILES string of the molecule is Cc1ccc2nc(-c3nc(C(=O)NCc4cccnc4)cnc3N)[nH]c2c1.[HH].[HH].[HH].[HH]. The Kier molecular flexibility index (Phi) is 4.21. The van der Waals surface area contributed by atoms with Gasteiger partial charge in [-0.3, -0.25) is 9.78 Å². The van der Waals surface area contributed by atoms with Gasteiger partial charge in [0.05, 0.1) is 17.2 Å². The highest BCUT2D eigenvalue weighted by Crippen LogP contribution is 2.23. The van der Waals surface area contributed by atoms with Crippen LogP contribution in [-0.2, 0) is 6.54 Å². The van der Waals surface area contributed by atoms with Crippen LogP contribution in [0.1, 0.15) is 27.3 Å². The molecular weight excluding hydrogens is 342 g/mol. The third-order valence-electron chi connectivity index (χ3n) is 4.07. The zero-order valence-electron chi connectivity index (χ0n) is 14.6. The van der Waals surface area contributed by atoms with Gasteiger partial charge in [0.15, 0.2) is 11.6 Å². The molecule has 0 aliphatic heterocycles. The quantitative estimate of drug-likeness (QED) is 0.509. The van der Waals surface area contributed by atoms with Crippen molar-refractivity contribution in [1.29, 1.82) is 0 Å². The molecule has 3 aromatic heterocycles. The van der Waals surface area contributed by atoms with Crippen LogP contribution in [0.3, 0.4) is 0 Å². The minimum absolute atomic E-state index is 0. The number of nitrogens with two attached hydrogens (primary N) is 1. The van der Waals surface area contributed by atoms with Crippen molar-refractivity contribution in [1.82, 2.24) is 30.2 Å². The Morgan fingerprint density at radius 1 is 1.26 bits per heavy atom. The van der Waals surface area contributed by atoms with Gasteiger partial charge in [0, 0.05) is 24.6 Å². The van der Waals surface area contributed by atoms with E-state index in [1.807, 2.05) is 37.3 Å². The number of carbonyl (C=O) groups is 1. The van der Waals surface area contributed by atoms with Gasteiger partial charge in [0.2, 0.25) is 0 Å². The summed E-state index contributed by atoms with van der Waals surface area (Å²) >= 11 is 0. The third-order valence-corrected chi connectivity index (χ3v) is 4.07. The molecule has 0 spiro atoms. The monoisotopic (exact) mass is 367 g/mol. The molecule has 0 aliphatic rings. The number of amides is 1. The molecule has 27 heavy (non-hydrogen) atoms. The van der Waals surface area contributed by atoms with Crippen LogP contribution in [0.15, 0.2) is 48.9 Å². The number of rotatable bonds is 4. The summed E-state index contributed by atoms with van der Waals surface area (Å²) < 4.78 is 0. The number of anilines is 1. The van der Waals surface area contributed by atoms with E-state index in [1.165, 1.54) is 6.20 Å². The second kappa shape index (κ2) is 6.83. The Morgan fingerprint density at radius 2 is 2.15 bits per heavy atom. The number of nitrogen functional groups attached to an aromatic ring is 1. The van der Waals surface area contributed by atoms with Crippen molar-refractivity contribution in [2.75, 3.05) is 5.73 Å². The largest absolute Gasteiger partial charge is 0.382 e. The van der Waals surface area contributed by atoms with Gasteiger partial charge < -0.3 is 16.0 Å². The van der Waals surface area contributed by atoms with Crippen LogP contribution in [0.5, 0.6) is 0 Å². The highest BCUT2D eigenvalue weighted by atomic mass is 16.1. The topological polar surface area (TPSA) is 122 Å². The first-order valence-electron chi connectivity index (χ1n) is 8.36. The lowest BCUT2D eigenvalue weighted by Gasteiger charge is -2.06. The van der Waals surface area contributed by atoms with Crippen LogP contribution in [-0.4, -0.2) is 30.8 Å². The summed E-state index contributed by atoms with van der Waals surface area (Å²) in [5.41, 5.74) is 10.1. The zero-order chi connectivity index (χ0) is 18.8. The molecular formula is C19H25N7O. The summed E-state index contributed by atoms with van der Waals surface area (Å²) in [7, 11) is 0. The van der Waals surface area contributed by atoms with Gasteiger partial charge in [-0.2, -0.15) is 0 Å². The summed E-state index contributed by atoms with van der Waals surface area (Å²) in [5, 5.41) is 2.79. The van der Waals surface area contributed by atoms with Crippen LogP contribution in [0.4, 0.5) is 5.82 Å². The van der Waals surface area contributed by atoms with Gasteiger partial charge in [-0.1, -0.05) is 12.1 Å². The average molecular weight is 367 g/mol. The molecule has 142 valence electrons. The second-order valence-electron chi connectivity index (χ2n) is 6.14. The van der Waals surface area contributed by atoms with Crippen LogP contribution >= 0.6 is 0 Å². The Balaban J connectivity index is 0.00000225. The number of fused-ring (bicyclic) bond motifs is 1. The molecule has 4 rings (SSSR count). The molecule has 0 fully saturated rings. The molecule has 0 unspecified atom stereocenters. The smallest absolute Gasteiger partial charge is 0.271 e. The number of H-pyrrole nitrogens is 1. The van der Waals surface area contributed by atoms with E-state index >= 15 is 0 Å². The molecule has 0 saturated heterocycles. The highest BCUT2D eigenvalue weighted by molar-refractivity contribution is 5.93. The van der Waals surface area contributed by atoms with Gasteiger partial charge >= 0.3 is 0 Å². The van der Waals surface area contributed by atoms with Gasteiger partial charge in [0.25, 0.3) is 5.91 Å². The van der Waals surface area contributed by atoms with E-state index in [0.29, 0.717) is 18.1 Å². The van der Waals surface area contributed by atoms with Crippen molar-refractivity contribution >= 4 is 22.8 Å². The van der Waals surface area contributed by atoms with E-state index < -0.39 is 0 Å². The molecule has 4 aromatic rings. The summed E-state index contributed by atoms with van der Waals surface area (Å²) in [5.74, 6) is 0.330. The van der Waals surface area contributed by atoms with E-state index in [1.54, 1.807) is 12.4 Å². The Hall–Kier alpha value is -3.81. The fraction of sp³-hybridized carbons (Fsp3) is 0.105. The number of imidazole rings is 1. The van der Waals surface area contributed by atoms with Crippen LogP contribution in [0.2, 0.25) is 0 Å². The minimum atomic E-state index is -0.348. The van der Waals surface area contributed by atoms with E-state index in [-0.39, 0.29) is 23.1 Å². The Labute approximate surface area is 160 Å². The van der Waals surface area contributed by atoms with E-state index in [9.17, 15) is 4.79 Å². The fourth-order valence-corrected chi connectivity index (χ4v) is 2.69. The molecule has 8 heteroatoms. The maximum atomic E-state index is 12.4. The standard InChI is InChI=1S/C19H17N7O.4H2/c1-11-4-5-13-14(7-11)26-18(25-13)16-17(20)22-10-15(24-16)19(27)23-9-12-3-2-6-21-8-12;;;;/h2-8,10H,9H2,1H3,(H2,20,22)(H,23,27)(H,25,26);4*1H. The molecule has 0 saturated carbocycles.